The van der Waals surface area contributed by atoms with Gasteiger partial charge in [0.2, 0.25) is 6.08 Å². The Hall–Kier alpha value is -0.690. The molecule has 3 heteroatoms. The molecular formula is C15H28FNO. The van der Waals surface area contributed by atoms with Crippen LogP contribution in [0.3, 0.4) is 0 Å². The van der Waals surface area contributed by atoms with E-state index in [1.54, 1.807) is 6.08 Å². The lowest BCUT2D eigenvalue weighted by atomic mass is 10.1. The Balaban J connectivity index is 2.92. The lowest BCUT2D eigenvalue weighted by Gasteiger charge is -2.02. The Morgan fingerprint density at radius 3 is 1.44 bits per heavy atom. The molecule has 0 saturated carbocycles. The number of rotatable bonds is 14. The standard InChI is InChI=1S/C15H28FNO/c16-13-11-9-7-5-3-1-2-4-6-8-10-12-14-17-15-18/h1-14H2. The molecular weight excluding hydrogens is 229 g/mol. The number of hydrogen-bond donors (Lipinski definition) is 0. The van der Waals surface area contributed by atoms with E-state index < -0.39 is 0 Å². The molecule has 0 aromatic rings. The van der Waals surface area contributed by atoms with E-state index in [-0.39, 0.29) is 6.67 Å². The quantitative estimate of drug-likeness (QED) is 0.245. The van der Waals surface area contributed by atoms with Crippen molar-refractivity contribution in [3.8, 4) is 0 Å². The molecule has 0 radical (unpaired) electrons. The average Bonchev–Trinajstić information content (AvgIpc) is 2.39. The van der Waals surface area contributed by atoms with Crippen molar-refractivity contribution in [3.63, 3.8) is 0 Å². The molecule has 0 amide bonds. The van der Waals surface area contributed by atoms with Crippen molar-refractivity contribution >= 4 is 6.08 Å². The third-order valence-electron chi connectivity index (χ3n) is 3.22. The SMILES string of the molecule is O=C=NCCCCCCCCCCCCCCF. The molecule has 0 atom stereocenters. The molecule has 0 bridgehead atoms. The molecule has 0 fully saturated rings. The molecule has 0 aromatic carbocycles. The van der Waals surface area contributed by atoms with Crippen LogP contribution in [0.5, 0.6) is 0 Å². The predicted molar refractivity (Wildman–Crippen MR) is 74.4 cm³/mol. The number of halogens is 1. The molecule has 0 aliphatic carbocycles. The second kappa shape index (κ2) is 16.3. The number of hydrogen-bond acceptors (Lipinski definition) is 2. The van der Waals surface area contributed by atoms with Crippen molar-refractivity contribution in [2.45, 2.75) is 77.0 Å². The largest absolute Gasteiger partial charge is 0.251 e. The Bertz CT molecular complexity index is 203. The van der Waals surface area contributed by atoms with Crippen molar-refractivity contribution in [2.75, 3.05) is 13.2 Å². The molecule has 0 N–H and O–H groups in total. The molecule has 0 unspecified atom stereocenters. The fourth-order valence-corrected chi connectivity index (χ4v) is 2.10. The second-order valence-electron chi connectivity index (χ2n) is 4.90. The summed E-state index contributed by atoms with van der Waals surface area (Å²) in [7, 11) is 0. The van der Waals surface area contributed by atoms with Crippen LogP contribution in [0.25, 0.3) is 0 Å². The van der Waals surface area contributed by atoms with Crippen LogP contribution in [0.1, 0.15) is 77.0 Å². The number of nitrogens with zero attached hydrogens (tertiary/aromatic N) is 1. The van der Waals surface area contributed by atoms with Crippen LogP contribution in [0.4, 0.5) is 4.39 Å². The van der Waals surface area contributed by atoms with Gasteiger partial charge in [-0.2, -0.15) is 0 Å². The van der Waals surface area contributed by atoms with E-state index in [2.05, 4.69) is 4.99 Å². The van der Waals surface area contributed by atoms with Crippen LogP contribution in [0, 0.1) is 0 Å². The van der Waals surface area contributed by atoms with E-state index in [0.717, 1.165) is 19.3 Å². The highest BCUT2D eigenvalue weighted by Crippen LogP contribution is 2.11. The maximum atomic E-state index is 11.8. The Labute approximate surface area is 111 Å². The molecule has 18 heavy (non-hydrogen) atoms. The first-order valence-electron chi connectivity index (χ1n) is 7.51. The van der Waals surface area contributed by atoms with Crippen molar-refractivity contribution in [1.29, 1.82) is 0 Å². The smallest absolute Gasteiger partial charge is 0.234 e. The van der Waals surface area contributed by atoms with Crippen LogP contribution in [-0.4, -0.2) is 19.3 Å². The third-order valence-corrected chi connectivity index (χ3v) is 3.22. The molecule has 0 aliphatic heterocycles. The van der Waals surface area contributed by atoms with Gasteiger partial charge in [0.05, 0.1) is 13.2 Å². The predicted octanol–water partition coefficient (Wildman–Crippen LogP) is 4.97. The monoisotopic (exact) mass is 257 g/mol. The molecule has 2 nitrogen and oxygen atoms in total. The lowest BCUT2D eigenvalue weighted by Crippen LogP contribution is -1.84. The maximum Gasteiger partial charge on any atom is 0.234 e. The van der Waals surface area contributed by atoms with Gasteiger partial charge in [-0.25, -0.2) is 9.79 Å². The summed E-state index contributed by atoms with van der Waals surface area (Å²) < 4.78 is 11.8. The van der Waals surface area contributed by atoms with Gasteiger partial charge in [-0.05, 0) is 12.8 Å². The minimum Gasteiger partial charge on any atom is -0.251 e. The highest BCUT2D eigenvalue weighted by Gasteiger charge is 1.93. The van der Waals surface area contributed by atoms with E-state index in [1.165, 1.54) is 57.8 Å². The van der Waals surface area contributed by atoms with E-state index in [1.807, 2.05) is 0 Å². The maximum absolute atomic E-state index is 11.8. The zero-order valence-corrected chi connectivity index (χ0v) is 11.6. The van der Waals surface area contributed by atoms with Gasteiger partial charge in [-0.3, -0.25) is 4.39 Å². The third kappa shape index (κ3) is 15.3. The molecule has 0 spiro atoms. The Kier molecular flexibility index (Phi) is 15.7. The van der Waals surface area contributed by atoms with Crippen LogP contribution in [0.15, 0.2) is 4.99 Å². The lowest BCUT2D eigenvalue weighted by molar-refractivity contribution is 0.448. The summed E-state index contributed by atoms with van der Waals surface area (Å²) in [6, 6.07) is 0. The van der Waals surface area contributed by atoms with Gasteiger partial charge in [0, 0.05) is 0 Å². The Morgan fingerprint density at radius 2 is 1.06 bits per heavy atom. The fourth-order valence-electron chi connectivity index (χ4n) is 2.10. The van der Waals surface area contributed by atoms with E-state index in [0.29, 0.717) is 6.54 Å². The number of aliphatic imine (C=N–C) groups is 1. The van der Waals surface area contributed by atoms with Gasteiger partial charge in [-0.1, -0.05) is 64.2 Å². The van der Waals surface area contributed by atoms with Gasteiger partial charge < -0.3 is 0 Å². The second-order valence-corrected chi connectivity index (χ2v) is 4.90. The summed E-state index contributed by atoms with van der Waals surface area (Å²) >= 11 is 0. The fraction of sp³-hybridized carbons (Fsp3) is 0.933. The van der Waals surface area contributed by atoms with Crippen LogP contribution in [-0.2, 0) is 4.79 Å². The molecule has 0 saturated heterocycles. The van der Waals surface area contributed by atoms with Gasteiger partial charge in [-0.15, -0.1) is 0 Å². The van der Waals surface area contributed by atoms with E-state index in [4.69, 9.17) is 0 Å². The first-order valence-corrected chi connectivity index (χ1v) is 7.51. The van der Waals surface area contributed by atoms with E-state index >= 15 is 0 Å². The first kappa shape index (κ1) is 17.3. The molecule has 0 aliphatic rings. The van der Waals surface area contributed by atoms with Crippen molar-refractivity contribution in [2.24, 2.45) is 4.99 Å². The number of unbranched alkanes of at least 4 members (excludes halogenated alkanes) is 11. The minimum absolute atomic E-state index is 0.155. The highest BCUT2D eigenvalue weighted by atomic mass is 19.1. The van der Waals surface area contributed by atoms with Crippen molar-refractivity contribution < 1.29 is 9.18 Å². The number of carbonyl (C=O) groups excluding carboxylic acids is 1. The normalized spacial score (nSPS) is 10.3. The van der Waals surface area contributed by atoms with Crippen molar-refractivity contribution in [3.05, 3.63) is 0 Å². The van der Waals surface area contributed by atoms with Gasteiger partial charge in [0.15, 0.2) is 0 Å². The summed E-state index contributed by atoms with van der Waals surface area (Å²) in [4.78, 5) is 13.3. The number of alkyl halides is 1. The summed E-state index contributed by atoms with van der Waals surface area (Å²) in [5.74, 6) is 0. The summed E-state index contributed by atoms with van der Waals surface area (Å²) in [5.41, 5.74) is 0. The topological polar surface area (TPSA) is 29.4 Å². The highest BCUT2D eigenvalue weighted by molar-refractivity contribution is 5.32. The van der Waals surface area contributed by atoms with Gasteiger partial charge >= 0.3 is 0 Å². The minimum atomic E-state index is -0.155. The summed E-state index contributed by atoms with van der Waals surface area (Å²) in [5, 5.41) is 0. The summed E-state index contributed by atoms with van der Waals surface area (Å²) in [6.07, 6.45) is 15.9. The average molecular weight is 257 g/mol. The van der Waals surface area contributed by atoms with Crippen LogP contribution >= 0.6 is 0 Å². The van der Waals surface area contributed by atoms with Gasteiger partial charge in [0.25, 0.3) is 0 Å². The Morgan fingerprint density at radius 1 is 0.667 bits per heavy atom. The summed E-state index contributed by atoms with van der Waals surface area (Å²) in [6.45, 7) is 0.487. The van der Waals surface area contributed by atoms with Crippen LogP contribution in [0.2, 0.25) is 0 Å². The molecule has 106 valence electrons. The van der Waals surface area contributed by atoms with Crippen LogP contribution < -0.4 is 0 Å². The molecule has 0 heterocycles. The molecule has 0 rings (SSSR count). The first-order chi connectivity index (χ1) is 8.91. The van der Waals surface area contributed by atoms with Gasteiger partial charge in [0.1, 0.15) is 0 Å². The zero-order chi connectivity index (χ0) is 13.3. The molecule has 0 aromatic heterocycles. The number of isocyanates is 1. The van der Waals surface area contributed by atoms with E-state index in [9.17, 15) is 9.18 Å². The van der Waals surface area contributed by atoms with Crippen molar-refractivity contribution in [1.82, 2.24) is 0 Å². The zero-order valence-electron chi connectivity index (χ0n) is 11.6.